The maximum atomic E-state index is 8.74. The van der Waals surface area contributed by atoms with E-state index in [0.717, 1.165) is 0 Å². The van der Waals surface area contributed by atoms with E-state index in [-0.39, 0.29) is 0 Å². The summed E-state index contributed by atoms with van der Waals surface area (Å²) in [6.45, 7) is 0. The molecule has 60 valence electrons. The second-order valence-electron chi connectivity index (χ2n) is 1.75. The van der Waals surface area contributed by atoms with Crippen molar-refractivity contribution in [3.8, 4) is 0 Å². The van der Waals surface area contributed by atoms with Gasteiger partial charge in [0.25, 0.3) is 0 Å². The smallest absolute Gasteiger partial charge is 0.238 e. The average molecular weight is 189 g/mol. The van der Waals surface area contributed by atoms with E-state index in [1.54, 1.807) is 0 Å². The number of halogens is 1. The SMILES string of the molecule is OOP(O)C1OC(O)C1Cl. The molecular weight excluding hydrogens is 182 g/mol. The van der Waals surface area contributed by atoms with Gasteiger partial charge in [0.05, 0.1) is 0 Å². The van der Waals surface area contributed by atoms with E-state index in [4.69, 9.17) is 26.9 Å². The molecule has 0 aromatic heterocycles. The van der Waals surface area contributed by atoms with Crippen LogP contribution in [0.15, 0.2) is 0 Å². The maximum absolute atomic E-state index is 8.74. The van der Waals surface area contributed by atoms with E-state index in [1.807, 2.05) is 0 Å². The van der Waals surface area contributed by atoms with Crippen molar-refractivity contribution in [1.82, 2.24) is 0 Å². The van der Waals surface area contributed by atoms with Crippen LogP contribution < -0.4 is 0 Å². The number of aliphatic hydroxyl groups excluding tert-OH is 1. The summed E-state index contributed by atoms with van der Waals surface area (Å²) in [4.78, 5) is 8.74. The Hall–Kier alpha value is 0.520. The molecule has 0 spiro atoms. The van der Waals surface area contributed by atoms with E-state index in [0.29, 0.717) is 0 Å². The van der Waals surface area contributed by atoms with Crippen LogP contribution in [0, 0.1) is 0 Å². The van der Waals surface area contributed by atoms with Gasteiger partial charge in [-0.3, -0.25) is 0 Å². The summed E-state index contributed by atoms with van der Waals surface area (Å²) >= 11 is 5.43. The molecule has 1 fully saturated rings. The highest BCUT2D eigenvalue weighted by Gasteiger charge is 2.46. The van der Waals surface area contributed by atoms with E-state index < -0.39 is 25.9 Å². The van der Waals surface area contributed by atoms with Gasteiger partial charge in [0.2, 0.25) is 8.38 Å². The van der Waals surface area contributed by atoms with Crippen LogP contribution in [0.2, 0.25) is 0 Å². The lowest BCUT2D eigenvalue weighted by Crippen LogP contribution is -2.49. The zero-order valence-corrected chi connectivity index (χ0v) is 6.37. The Balaban J connectivity index is 2.32. The molecule has 4 atom stereocenters. The third-order valence-electron chi connectivity index (χ3n) is 1.13. The number of hydrogen-bond acceptors (Lipinski definition) is 5. The molecule has 0 aromatic rings. The normalized spacial score (nSPS) is 42.6. The van der Waals surface area contributed by atoms with Crippen LogP contribution in [0.1, 0.15) is 0 Å². The average Bonchev–Trinajstić information content (AvgIpc) is 1.98. The number of hydrogen-bond donors (Lipinski definition) is 3. The molecule has 0 amide bonds. The molecule has 0 radical (unpaired) electrons. The summed E-state index contributed by atoms with van der Waals surface area (Å²) < 4.78 is 8.09. The van der Waals surface area contributed by atoms with Crippen molar-refractivity contribution in [1.29, 1.82) is 0 Å². The summed E-state index contributed by atoms with van der Waals surface area (Å²) in [5, 5.41) is 15.9. The van der Waals surface area contributed by atoms with Crippen molar-refractivity contribution in [3.63, 3.8) is 0 Å². The molecule has 10 heavy (non-hydrogen) atoms. The van der Waals surface area contributed by atoms with Crippen molar-refractivity contribution < 1.29 is 24.7 Å². The van der Waals surface area contributed by atoms with Crippen molar-refractivity contribution in [2.24, 2.45) is 0 Å². The minimum atomic E-state index is -2.08. The fourth-order valence-corrected chi connectivity index (χ4v) is 1.69. The molecule has 0 saturated carbocycles. The largest absolute Gasteiger partial charge is 0.367 e. The maximum Gasteiger partial charge on any atom is 0.238 e. The number of ether oxygens (including phenoxy) is 1. The van der Waals surface area contributed by atoms with E-state index in [1.165, 1.54) is 0 Å². The predicted molar refractivity (Wildman–Crippen MR) is 33.4 cm³/mol. The van der Waals surface area contributed by atoms with Crippen LogP contribution in [0.5, 0.6) is 0 Å². The van der Waals surface area contributed by atoms with Crippen LogP contribution in [0.3, 0.4) is 0 Å². The van der Waals surface area contributed by atoms with Gasteiger partial charge in [-0.25, -0.2) is 5.26 Å². The lowest BCUT2D eigenvalue weighted by molar-refractivity contribution is -0.213. The van der Waals surface area contributed by atoms with Crippen LogP contribution in [-0.4, -0.2) is 32.8 Å². The Labute approximate surface area is 63.0 Å². The molecule has 4 unspecified atom stereocenters. The molecule has 7 heteroatoms. The first kappa shape index (κ1) is 8.62. The molecule has 0 aromatic carbocycles. The summed E-state index contributed by atoms with van der Waals surface area (Å²) in [5.41, 5.74) is 0. The fourth-order valence-electron chi connectivity index (χ4n) is 0.565. The van der Waals surface area contributed by atoms with Crippen LogP contribution >= 0.6 is 20.0 Å². The Morgan fingerprint density at radius 2 is 2.20 bits per heavy atom. The molecule has 1 heterocycles. The third kappa shape index (κ3) is 1.40. The van der Waals surface area contributed by atoms with E-state index in [9.17, 15) is 0 Å². The Kier molecular flexibility index (Phi) is 2.82. The standard InChI is InChI=1S/C3H6ClO5P/c4-1-2(5)8-3(1)10(7)9-6/h1-3,5-7H. The summed E-state index contributed by atoms with van der Waals surface area (Å²) in [5.74, 6) is -0.795. The quantitative estimate of drug-likeness (QED) is 0.247. The Morgan fingerprint density at radius 1 is 1.60 bits per heavy atom. The number of alkyl halides is 1. The van der Waals surface area contributed by atoms with Crippen LogP contribution in [0.4, 0.5) is 0 Å². The Bertz CT molecular complexity index is 119. The van der Waals surface area contributed by atoms with Gasteiger partial charge in [-0.15, -0.1) is 11.6 Å². The highest BCUT2D eigenvalue weighted by molar-refractivity contribution is 7.46. The topological polar surface area (TPSA) is 79.2 Å². The minimum absolute atomic E-state index is 0.705. The summed E-state index contributed by atoms with van der Waals surface area (Å²) in [6, 6.07) is 0. The first-order valence-electron chi connectivity index (χ1n) is 2.44. The van der Waals surface area contributed by atoms with Gasteiger partial charge >= 0.3 is 0 Å². The zero-order chi connectivity index (χ0) is 7.72. The van der Waals surface area contributed by atoms with Gasteiger partial charge in [0.1, 0.15) is 5.38 Å². The fraction of sp³-hybridized carbons (Fsp3) is 1.00. The van der Waals surface area contributed by atoms with Crippen molar-refractivity contribution in [2.45, 2.75) is 17.5 Å². The van der Waals surface area contributed by atoms with Gasteiger partial charge < -0.3 is 14.7 Å². The van der Waals surface area contributed by atoms with Crippen LogP contribution in [-0.2, 0) is 9.41 Å². The summed E-state index contributed by atoms with van der Waals surface area (Å²) in [6.07, 6.45) is -1.07. The molecule has 1 aliphatic heterocycles. The lowest BCUT2D eigenvalue weighted by Gasteiger charge is -2.37. The second-order valence-corrected chi connectivity index (χ2v) is 3.53. The highest BCUT2D eigenvalue weighted by Crippen LogP contribution is 2.47. The lowest BCUT2D eigenvalue weighted by atomic mass is 10.3. The number of rotatable bonds is 2. The highest BCUT2D eigenvalue weighted by atomic mass is 35.5. The number of aliphatic hydroxyl groups is 1. The molecule has 3 N–H and O–H groups in total. The predicted octanol–water partition coefficient (Wildman–Crippen LogP) is 0.0623. The first-order chi connectivity index (χ1) is 4.66. The zero-order valence-electron chi connectivity index (χ0n) is 4.72. The summed E-state index contributed by atoms with van der Waals surface area (Å²) in [7, 11) is -2.08. The second kappa shape index (κ2) is 3.28. The molecule has 1 aliphatic rings. The van der Waals surface area contributed by atoms with Crippen molar-refractivity contribution >= 4 is 20.0 Å². The first-order valence-corrected chi connectivity index (χ1v) is 4.16. The molecular formula is C3H6ClO5P. The van der Waals surface area contributed by atoms with E-state index >= 15 is 0 Å². The molecule has 1 saturated heterocycles. The van der Waals surface area contributed by atoms with Gasteiger partial charge in [-0.1, -0.05) is 0 Å². The van der Waals surface area contributed by atoms with Crippen molar-refractivity contribution in [2.75, 3.05) is 0 Å². The Morgan fingerprint density at radius 3 is 2.50 bits per heavy atom. The van der Waals surface area contributed by atoms with Gasteiger partial charge in [-0.05, 0) is 0 Å². The molecule has 0 aliphatic carbocycles. The van der Waals surface area contributed by atoms with E-state index in [2.05, 4.69) is 9.41 Å². The van der Waals surface area contributed by atoms with Crippen molar-refractivity contribution in [3.05, 3.63) is 0 Å². The molecule has 0 bridgehead atoms. The van der Waals surface area contributed by atoms with Gasteiger partial charge in [0, 0.05) is 0 Å². The van der Waals surface area contributed by atoms with Crippen LogP contribution in [0.25, 0.3) is 0 Å². The third-order valence-corrected chi connectivity index (χ3v) is 2.79. The monoisotopic (exact) mass is 188 g/mol. The minimum Gasteiger partial charge on any atom is -0.367 e. The molecule has 1 rings (SSSR count). The van der Waals surface area contributed by atoms with Gasteiger partial charge in [-0.2, -0.15) is 4.67 Å². The molecule has 5 nitrogen and oxygen atoms in total. The van der Waals surface area contributed by atoms with Gasteiger partial charge in [0.15, 0.2) is 12.1 Å².